The summed E-state index contributed by atoms with van der Waals surface area (Å²) in [5.41, 5.74) is 7.73. The summed E-state index contributed by atoms with van der Waals surface area (Å²) in [7, 11) is 0. The third-order valence-corrected chi connectivity index (χ3v) is 3.88. The largest absolute Gasteiger partial charge is 0.395 e. The summed E-state index contributed by atoms with van der Waals surface area (Å²) in [6.45, 7) is 6.06. The Morgan fingerprint density at radius 3 is 2.60 bits per heavy atom. The van der Waals surface area contributed by atoms with Crippen LogP contribution < -0.4 is 5.73 Å². The van der Waals surface area contributed by atoms with Gasteiger partial charge < -0.3 is 10.8 Å². The number of hydrogen-bond donors (Lipinski definition) is 2. The van der Waals surface area contributed by atoms with Gasteiger partial charge in [0.15, 0.2) is 0 Å². The highest BCUT2D eigenvalue weighted by Gasteiger charge is 2.15. The van der Waals surface area contributed by atoms with Crippen molar-refractivity contribution in [1.82, 2.24) is 9.80 Å². The fraction of sp³-hybridized carbons (Fsp3) is 0.600. The van der Waals surface area contributed by atoms with Crippen molar-refractivity contribution in [3.8, 4) is 0 Å². The maximum absolute atomic E-state index is 13.4. The first-order chi connectivity index (χ1) is 9.72. The summed E-state index contributed by atoms with van der Waals surface area (Å²) in [5.74, 6) is -0.200. The van der Waals surface area contributed by atoms with Crippen LogP contribution in [0.1, 0.15) is 17.5 Å². The van der Waals surface area contributed by atoms with Gasteiger partial charge in [-0.05, 0) is 42.8 Å². The first kappa shape index (κ1) is 15.4. The highest BCUT2D eigenvalue weighted by atomic mass is 19.1. The number of hydrogen-bond acceptors (Lipinski definition) is 4. The Bertz CT molecular complexity index is 428. The lowest BCUT2D eigenvalue weighted by Crippen LogP contribution is -2.32. The van der Waals surface area contributed by atoms with Gasteiger partial charge in [0, 0.05) is 32.7 Å². The van der Waals surface area contributed by atoms with E-state index in [0.29, 0.717) is 6.54 Å². The zero-order chi connectivity index (χ0) is 14.4. The zero-order valence-corrected chi connectivity index (χ0v) is 11.9. The molecule has 3 N–H and O–H groups in total. The molecule has 2 rings (SSSR count). The highest BCUT2D eigenvalue weighted by molar-refractivity contribution is 5.27. The van der Waals surface area contributed by atoms with Crippen molar-refractivity contribution in [3.05, 3.63) is 35.1 Å². The Kier molecular flexibility index (Phi) is 5.91. The first-order valence-corrected chi connectivity index (χ1v) is 7.26. The minimum absolute atomic E-state index is 0.200. The predicted molar refractivity (Wildman–Crippen MR) is 77.7 cm³/mol. The van der Waals surface area contributed by atoms with E-state index in [2.05, 4.69) is 9.80 Å². The normalized spacial score (nSPS) is 18.1. The average Bonchev–Trinajstić information content (AvgIpc) is 2.65. The summed E-state index contributed by atoms with van der Waals surface area (Å²) in [5, 5.41) is 9.00. The van der Waals surface area contributed by atoms with Crippen LogP contribution in [0.25, 0.3) is 0 Å². The van der Waals surface area contributed by atoms with Gasteiger partial charge in [-0.1, -0.05) is 6.07 Å². The van der Waals surface area contributed by atoms with E-state index in [1.54, 1.807) is 12.1 Å². The standard InChI is InChI=1S/C15H24FN3O/c16-15-3-2-13(11-17)14(10-15)12-19-5-1-4-18(6-7-19)8-9-20/h2-3,10,20H,1,4-9,11-12,17H2. The van der Waals surface area contributed by atoms with Gasteiger partial charge in [0.1, 0.15) is 5.82 Å². The Labute approximate surface area is 120 Å². The van der Waals surface area contributed by atoms with Crippen LogP contribution >= 0.6 is 0 Å². The van der Waals surface area contributed by atoms with Gasteiger partial charge in [-0.3, -0.25) is 9.80 Å². The van der Waals surface area contributed by atoms with Crippen LogP contribution in [0.2, 0.25) is 0 Å². The maximum atomic E-state index is 13.4. The molecule has 1 aliphatic heterocycles. The molecule has 112 valence electrons. The number of nitrogens with zero attached hydrogens (tertiary/aromatic N) is 2. The van der Waals surface area contributed by atoms with Gasteiger partial charge >= 0.3 is 0 Å². The number of aliphatic hydroxyl groups excluding tert-OH is 1. The predicted octanol–water partition coefficient (Wildman–Crippen LogP) is 0.784. The molecule has 0 spiro atoms. The van der Waals surface area contributed by atoms with E-state index >= 15 is 0 Å². The summed E-state index contributed by atoms with van der Waals surface area (Å²) in [6, 6.07) is 4.84. The topological polar surface area (TPSA) is 52.7 Å². The summed E-state index contributed by atoms with van der Waals surface area (Å²) in [6.07, 6.45) is 1.08. The van der Waals surface area contributed by atoms with E-state index in [4.69, 9.17) is 10.8 Å². The summed E-state index contributed by atoms with van der Waals surface area (Å²) in [4.78, 5) is 4.61. The molecule has 1 aromatic carbocycles. The summed E-state index contributed by atoms with van der Waals surface area (Å²) < 4.78 is 13.4. The van der Waals surface area contributed by atoms with Crippen LogP contribution in [-0.4, -0.2) is 54.2 Å². The van der Waals surface area contributed by atoms with Crippen molar-refractivity contribution < 1.29 is 9.50 Å². The lowest BCUT2D eigenvalue weighted by Gasteiger charge is -2.22. The van der Waals surface area contributed by atoms with Crippen molar-refractivity contribution in [1.29, 1.82) is 0 Å². The molecular weight excluding hydrogens is 257 g/mol. The van der Waals surface area contributed by atoms with Crippen LogP contribution in [0.15, 0.2) is 18.2 Å². The second kappa shape index (κ2) is 7.69. The van der Waals surface area contributed by atoms with E-state index in [0.717, 1.165) is 56.8 Å². The third-order valence-electron chi connectivity index (χ3n) is 3.88. The number of halogens is 1. The second-order valence-electron chi connectivity index (χ2n) is 5.31. The van der Waals surface area contributed by atoms with Crippen LogP contribution in [0.3, 0.4) is 0 Å². The molecule has 0 bridgehead atoms. The average molecular weight is 281 g/mol. The fourth-order valence-electron chi connectivity index (χ4n) is 2.73. The van der Waals surface area contributed by atoms with E-state index in [-0.39, 0.29) is 12.4 Å². The molecule has 5 heteroatoms. The lowest BCUT2D eigenvalue weighted by atomic mass is 10.1. The quantitative estimate of drug-likeness (QED) is 0.837. The Hall–Kier alpha value is -1.01. The van der Waals surface area contributed by atoms with E-state index < -0.39 is 0 Å². The molecule has 1 heterocycles. The maximum Gasteiger partial charge on any atom is 0.123 e. The molecule has 1 fully saturated rings. The SMILES string of the molecule is NCc1ccc(F)cc1CN1CCCN(CCO)CC1. The van der Waals surface area contributed by atoms with Gasteiger partial charge in [0.2, 0.25) is 0 Å². The van der Waals surface area contributed by atoms with Crippen molar-refractivity contribution in [2.24, 2.45) is 5.73 Å². The first-order valence-electron chi connectivity index (χ1n) is 7.26. The van der Waals surface area contributed by atoms with Gasteiger partial charge in [-0.15, -0.1) is 0 Å². The second-order valence-corrected chi connectivity index (χ2v) is 5.31. The van der Waals surface area contributed by atoms with Gasteiger partial charge in [-0.25, -0.2) is 4.39 Å². The lowest BCUT2D eigenvalue weighted by molar-refractivity contribution is 0.196. The van der Waals surface area contributed by atoms with E-state index in [1.165, 1.54) is 6.07 Å². The van der Waals surface area contributed by atoms with Crippen LogP contribution in [0.4, 0.5) is 4.39 Å². The smallest absolute Gasteiger partial charge is 0.123 e. The molecule has 0 atom stereocenters. The molecule has 0 unspecified atom stereocenters. The molecule has 0 amide bonds. The number of nitrogens with two attached hydrogens (primary N) is 1. The van der Waals surface area contributed by atoms with Crippen molar-refractivity contribution in [2.75, 3.05) is 39.3 Å². The molecule has 1 saturated heterocycles. The number of aliphatic hydroxyl groups is 1. The fourth-order valence-corrected chi connectivity index (χ4v) is 2.73. The minimum Gasteiger partial charge on any atom is -0.395 e. The minimum atomic E-state index is -0.200. The Balaban J connectivity index is 1.97. The Morgan fingerprint density at radius 1 is 1.10 bits per heavy atom. The van der Waals surface area contributed by atoms with Gasteiger partial charge in [0.05, 0.1) is 6.61 Å². The van der Waals surface area contributed by atoms with Crippen LogP contribution in [-0.2, 0) is 13.1 Å². The van der Waals surface area contributed by atoms with Crippen LogP contribution in [0, 0.1) is 5.82 Å². The van der Waals surface area contributed by atoms with Gasteiger partial charge in [0.25, 0.3) is 0 Å². The summed E-state index contributed by atoms with van der Waals surface area (Å²) >= 11 is 0. The number of rotatable bonds is 5. The number of β-amino-alcohol motifs (C(OH)–C–C–N with tert-alkyl or cyclic N) is 1. The van der Waals surface area contributed by atoms with E-state index in [9.17, 15) is 4.39 Å². The number of benzene rings is 1. The van der Waals surface area contributed by atoms with E-state index in [1.807, 2.05) is 0 Å². The zero-order valence-electron chi connectivity index (χ0n) is 11.9. The molecule has 20 heavy (non-hydrogen) atoms. The molecule has 0 radical (unpaired) electrons. The molecular formula is C15H24FN3O. The molecule has 4 nitrogen and oxygen atoms in total. The van der Waals surface area contributed by atoms with Crippen molar-refractivity contribution in [2.45, 2.75) is 19.5 Å². The molecule has 0 aromatic heterocycles. The van der Waals surface area contributed by atoms with Gasteiger partial charge in [-0.2, -0.15) is 0 Å². The monoisotopic (exact) mass is 281 g/mol. The molecule has 1 aliphatic rings. The van der Waals surface area contributed by atoms with Crippen molar-refractivity contribution in [3.63, 3.8) is 0 Å². The highest BCUT2D eigenvalue weighted by Crippen LogP contribution is 2.15. The van der Waals surface area contributed by atoms with Crippen molar-refractivity contribution >= 4 is 0 Å². The molecule has 0 aliphatic carbocycles. The Morgan fingerprint density at radius 2 is 1.85 bits per heavy atom. The molecule has 1 aromatic rings. The van der Waals surface area contributed by atoms with Crippen LogP contribution in [0.5, 0.6) is 0 Å². The third kappa shape index (κ3) is 4.24. The molecule has 0 saturated carbocycles.